The lowest BCUT2D eigenvalue weighted by molar-refractivity contribution is -0.193. The van der Waals surface area contributed by atoms with E-state index in [9.17, 15) is 145 Å². The zero-order chi connectivity index (χ0) is 78.2. The third kappa shape index (κ3) is 28.1. The lowest BCUT2D eigenvalue weighted by atomic mass is 9.86. The molecule has 4 amide bonds. The number of aromatic amines is 1. The highest BCUT2D eigenvalue weighted by Gasteiger charge is 2.45. The van der Waals surface area contributed by atoms with Crippen molar-refractivity contribution in [3.8, 4) is 0 Å². The third-order valence-corrected chi connectivity index (χ3v) is 15.7. The number of fused-ring (bicyclic) bond motifs is 1. The number of nitrogens with zero attached hydrogens (tertiary/aromatic N) is 3. The number of aliphatic hydroxyl groups excluding tert-OH is 16. The van der Waals surface area contributed by atoms with Crippen molar-refractivity contribution in [2.45, 2.75) is 156 Å². The van der Waals surface area contributed by atoms with Gasteiger partial charge in [-0.05, 0) is 37.6 Å². The van der Waals surface area contributed by atoms with Gasteiger partial charge in [0.1, 0.15) is 84.9 Å². The molecule has 26 N–H and O–H groups in total. The molecule has 568 valence electrons. The maximum atomic E-state index is 14.3. The number of aromatic nitrogens is 4. The van der Waals surface area contributed by atoms with Gasteiger partial charge in [0.15, 0.2) is 28.5 Å². The molecule has 0 aliphatic carbocycles. The van der Waals surface area contributed by atoms with Gasteiger partial charge in [-0.2, -0.15) is 36.8 Å². The van der Waals surface area contributed by atoms with Crippen LogP contribution in [-0.2, 0) is 68.9 Å². The van der Waals surface area contributed by atoms with E-state index in [2.05, 4.69) is 48.5 Å². The van der Waals surface area contributed by atoms with E-state index in [1.54, 1.807) is 0 Å². The number of nitrogens with one attached hydrogen (secondary N) is 6. The molecular formula is C58H82N10O33S. The summed E-state index contributed by atoms with van der Waals surface area (Å²) in [7, 11) is 0. The van der Waals surface area contributed by atoms with Crippen LogP contribution in [0.25, 0.3) is 11.2 Å². The van der Waals surface area contributed by atoms with E-state index in [-0.39, 0.29) is 41.5 Å². The molecule has 1 aromatic carbocycles. The number of rotatable bonds is 44. The van der Waals surface area contributed by atoms with Crippen molar-refractivity contribution in [1.82, 2.24) is 41.2 Å². The summed E-state index contributed by atoms with van der Waals surface area (Å²) in [5.41, 5.74) is 5.51. The second-order valence-corrected chi connectivity index (χ2v) is 23.1. The molecule has 102 heavy (non-hydrogen) atoms. The number of hydrogen-bond donors (Lipinski definition) is 26. The lowest BCUT2D eigenvalue weighted by Gasteiger charge is -2.33. The van der Waals surface area contributed by atoms with Crippen molar-refractivity contribution < 1.29 is 159 Å². The van der Waals surface area contributed by atoms with Crippen molar-refractivity contribution in [2.24, 2.45) is 23.7 Å². The molecule has 0 saturated carbocycles. The molecule has 0 radical (unpaired) electrons. The number of carbonyl (C=O) groups is 10. The maximum absolute atomic E-state index is 14.3. The minimum absolute atomic E-state index is 0.00698. The Kier molecular flexibility index (Phi) is 40.2. The Hall–Kier alpha value is -8.99. The van der Waals surface area contributed by atoms with E-state index in [1.165, 1.54) is 30.5 Å². The van der Waals surface area contributed by atoms with Gasteiger partial charge in [0, 0.05) is 55.0 Å². The first-order chi connectivity index (χ1) is 47.8. The molecule has 0 bridgehead atoms. The Morgan fingerprint density at radius 3 is 1.45 bits per heavy atom. The van der Waals surface area contributed by atoms with Gasteiger partial charge in [-0.25, -0.2) is 14.8 Å². The largest absolute Gasteiger partial charge is 0.481 e. The summed E-state index contributed by atoms with van der Waals surface area (Å²) in [6.45, 7) is -3.22. The number of nitrogen functional groups attached to an aromatic ring is 1. The second kappa shape index (κ2) is 45.1. The van der Waals surface area contributed by atoms with Crippen LogP contribution < -0.4 is 37.9 Å². The van der Waals surface area contributed by atoms with Crippen LogP contribution in [0, 0.1) is 23.7 Å². The van der Waals surface area contributed by atoms with Gasteiger partial charge in [0.05, 0.1) is 80.9 Å². The Bertz CT molecular complexity index is 3400. The highest BCUT2D eigenvalue weighted by Crippen LogP contribution is 2.24. The van der Waals surface area contributed by atoms with Crippen LogP contribution in [0.4, 0.5) is 11.6 Å². The normalized spacial score (nSPS) is 17.1. The number of aliphatic hydroxyl groups is 16. The predicted molar refractivity (Wildman–Crippen MR) is 336 cm³/mol. The fourth-order valence-corrected chi connectivity index (χ4v) is 9.56. The zero-order valence-electron chi connectivity index (χ0n) is 54.0. The van der Waals surface area contributed by atoms with E-state index >= 15 is 0 Å². The van der Waals surface area contributed by atoms with Crippen molar-refractivity contribution in [3.63, 3.8) is 0 Å². The smallest absolute Gasteiger partial charge is 0.373 e. The van der Waals surface area contributed by atoms with Crippen molar-refractivity contribution in [3.05, 3.63) is 52.1 Å². The van der Waals surface area contributed by atoms with E-state index in [0.717, 1.165) is 13.8 Å². The Balaban J connectivity index is 0.00000835. The molecule has 0 saturated heterocycles. The van der Waals surface area contributed by atoms with Crippen LogP contribution in [0.3, 0.4) is 0 Å². The average Bonchev–Trinajstić information content (AvgIpc) is 0.823. The van der Waals surface area contributed by atoms with Crippen molar-refractivity contribution in [2.75, 3.05) is 43.2 Å². The number of benzene rings is 1. The standard InChI is InChI=1S/C56H82N10O29S.2CO2/c1-20(49(87)63-38(47(86)45(84)36(78)18-70)32(74)10-23(19-96)54(92)93)9-31(73)37(46(85)44(83)35(77)17-69)64-52(90)28(41(80)43(82)34(76)16-68)12-30(72)21(2)60-51(89)27(40(79)42(81)33(75)15-67)11-26(71)7-8-29(55(94)95)62-50(88)22-3-5-24(6-4-22)58-13-25-14-59-48-39(61-25)53(91)66-56(57)65-48;2*2-1-3/h3-6,14,20-21,23,27-29,33-38,40-47,58,67-70,75-86,96H,7-13,15-19H2,1-2H3,(H,60,89)(H,62,88)(H,63,87)(H,64,90)(H,92,93)(H,94,95)(H3,57,59,65,66,91);;/t20-,21+,23+,27?,28?,29+,33-,34-,35-,36-,37-,38-,40?,41?,42-,43-,44-,45-,46-,47-;;/m1../s1. The molecule has 0 spiro atoms. The summed E-state index contributed by atoms with van der Waals surface area (Å²) in [5.74, 6) is -22.7. The Labute approximate surface area is 580 Å². The topological polar surface area (TPSA) is 761 Å². The monoisotopic (exact) mass is 1480 g/mol. The zero-order valence-corrected chi connectivity index (χ0v) is 54.9. The van der Waals surface area contributed by atoms with E-state index in [1.807, 2.05) is 10.6 Å². The first-order valence-electron chi connectivity index (χ1n) is 30.1. The molecule has 0 fully saturated rings. The number of carboxylic acids is 2. The number of hydrogen-bond acceptors (Lipinski definition) is 37. The molecule has 2 aromatic heterocycles. The number of carboxylic acid groups (broad SMARTS) is 2. The molecule has 20 atom stereocenters. The van der Waals surface area contributed by atoms with Gasteiger partial charge in [-0.3, -0.25) is 52.9 Å². The van der Waals surface area contributed by atoms with Gasteiger partial charge in [-0.1, -0.05) is 6.92 Å². The van der Waals surface area contributed by atoms with E-state index < -0.39 is 256 Å². The quantitative estimate of drug-likeness (QED) is 0.0234. The molecule has 2 heterocycles. The predicted octanol–water partition coefficient (Wildman–Crippen LogP) is -12.2. The fourth-order valence-electron chi connectivity index (χ4n) is 9.27. The molecule has 43 nitrogen and oxygen atoms in total. The molecular weight excluding hydrogens is 1400 g/mol. The van der Waals surface area contributed by atoms with Crippen molar-refractivity contribution in [1.29, 1.82) is 0 Å². The first-order valence-corrected chi connectivity index (χ1v) is 30.8. The van der Waals surface area contributed by atoms with Crippen LogP contribution in [0.1, 0.15) is 68.4 Å². The van der Waals surface area contributed by atoms with Crippen LogP contribution in [0.15, 0.2) is 35.3 Å². The Morgan fingerprint density at radius 2 is 1.00 bits per heavy atom. The maximum Gasteiger partial charge on any atom is 0.373 e. The summed E-state index contributed by atoms with van der Waals surface area (Å²) >= 11 is 3.85. The number of carbonyl (C=O) groups excluding carboxylic acids is 12. The molecule has 3 rings (SSSR count). The third-order valence-electron chi connectivity index (χ3n) is 15.3. The minimum Gasteiger partial charge on any atom is -0.481 e. The van der Waals surface area contributed by atoms with E-state index in [0.29, 0.717) is 11.4 Å². The van der Waals surface area contributed by atoms with Gasteiger partial charge in [0.25, 0.3) is 11.5 Å². The number of Topliss-reactive ketones (excluding diaryl/α,β-unsaturated/α-hetero) is 4. The number of amides is 4. The summed E-state index contributed by atoms with van der Waals surface area (Å²) in [6, 6.07) is -3.16. The van der Waals surface area contributed by atoms with Gasteiger partial charge >= 0.3 is 24.2 Å². The van der Waals surface area contributed by atoms with Crippen LogP contribution in [-0.4, -0.2) is 312 Å². The molecule has 0 aliphatic heterocycles. The molecule has 0 aliphatic rings. The van der Waals surface area contributed by atoms with Gasteiger partial charge < -0.3 is 124 Å². The summed E-state index contributed by atoms with van der Waals surface area (Å²) in [4.78, 5) is 193. The van der Waals surface area contributed by atoms with Gasteiger partial charge in [-0.15, -0.1) is 0 Å². The summed E-state index contributed by atoms with van der Waals surface area (Å²) in [6.07, 6.45) is -33.6. The average molecular weight is 1480 g/mol. The van der Waals surface area contributed by atoms with Crippen LogP contribution >= 0.6 is 12.6 Å². The molecule has 44 heteroatoms. The first kappa shape index (κ1) is 91.0. The fraction of sp³-hybridized carbons (Fsp3) is 0.586. The molecule has 4 unspecified atom stereocenters. The number of nitrogens with two attached hydrogens (primary N) is 1. The number of aliphatic carboxylic acids is 2. The summed E-state index contributed by atoms with van der Waals surface area (Å²) < 4.78 is 0. The highest BCUT2D eigenvalue weighted by atomic mass is 32.1. The Morgan fingerprint density at radius 1 is 0.559 bits per heavy atom. The second-order valence-electron chi connectivity index (χ2n) is 22.7. The lowest BCUT2D eigenvalue weighted by Crippen LogP contribution is -2.60. The minimum atomic E-state index is -2.73. The number of H-pyrrole nitrogens is 1. The highest BCUT2D eigenvalue weighted by molar-refractivity contribution is 7.80. The van der Waals surface area contributed by atoms with Crippen molar-refractivity contribution >= 4 is 106 Å². The number of thiol groups is 1. The van der Waals surface area contributed by atoms with Crippen LogP contribution in [0.2, 0.25) is 0 Å². The van der Waals surface area contributed by atoms with Gasteiger partial charge in [0.2, 0.25) is 23.7 Å². The SMILES string of the molecule is C[C@H](CC(=O)[C@@H](NC(=O)C(CC(=O)[C@H](C)NC(=O)C(CC(=O)CC[C@H](NC(=O)c1ccc(NCc2cnc3nc(N)[nH]c(=O)c3n2)cc1)C(=O)O)C(O)[C@H](O)[C@H](O)CO)C(O)[C@H](O)[C@H](O)CO)[C@@H](O)[C@H](O)[C@H](O)CO)C(=O)N[C@H](C(=O)C[C@@H](CS)C(=O)O)[C@@H](O)[C@H](O)[C@H](O)CO.O=C=O.O=C=O. The number of anilines is 2. The molecule has 3 aromatic rings. The number of ketones is 4. The van der Waals surface area contributed by atoms with Crippen LogP contribution in [0.5, 0.6) is 0 Å². The summed E-state index contributed by atoms with van der Waals surface area (Å²) in [5, 5.41) is 196. The van der Waals surface area contributed by atoms with E-state index in [4.69, 9.17) is 24.9 Å².